The number of ether oxygens (including phenoxy) is 3. The van der Waals surface area contributed by atoms with Crippen LogP contribution in [0.3, 0.4) is 0 Å². The van der Waals surface area contributed by atoms with Gasteiger partial charge >= 0.3 is 5.97 Å². The summed E-state index contributed by atoms with van der Waals surface area (Å²) in [6.07, 6.45) is -6.68. The smallest absolute Gasteiger partial charge is 0.331 e. The van der Waals surface area contributed by atoms with Crippen molar-refractivity contribution in [3.05, 3.63) is 11.6 Å². The van der Waals surface area contributed by atoms with Crippen LogP contribution in [0.4, 0.5) is 0 Å². The molecule has 41 heavy (non-hydrogen) atoms. The Labute approximate surface area is 238 Å². The molecule has 12 nitrogen and oxygen atoms in total. The maximum atomic E-state index is 12.4. The van der Waals surface area contributed by atoms with Crippen molar-refractivity contribution < 1.29 is 59.9 Å². The highest BCUT2D eigenvalue weighted by Gasteiger charge is 2.75. The molecule has 0 spiro atoms. The molecule has 0 radical (unpaired) electrons. The SMILES string of the molecule is C[C@@H]1O[C@@H](OC2CC(O)[C@]3(CO)[C@H]4C(O)C[C@]5(C)[C@@H](C6=CC(=O)OC6)CC[C@]5(O)[C@@H]4CCC3(O)C2)[C@H](O)[C@H](O)[C@H]1O. The molecular weight excluding hydrogens is 540 g/mol. The van der Waals surface area contributed by atoms with Gasteiger partial charge in [-0.3, -0.25) is 0 Å². The van der Waals surface area contributed by atoms with Crippen LogP contribution in [0.15, 0.2) is 11.6 Å². The topological polar surface area (TPSA) is 207 Å². The van der Waals surface area contributed by atoms with Gasteiger partial charge in [-0.1, -0.05) is 6.92 Å². The summed E-state index contributed by atoms with van der Waals surface area (Å²) in [6, 6.07) is 0. The van der Waals surface area contributed by atoms with Crippen LogP contribution in [0, 0.1) is 28.6 Å². The Kier molecular flexibility index (Phi) is 7.22. The van der Waals surface area contributed by atoms with Gasteiger partial charge in [0, 0.05) is 30.3 Å². The highest BCUT2D eigenvalue weighted by Crippen LogP contribution is 2.70. The van der Waals surface area contributed by atoms with Crippen LogP contribution in [0.25, 0.3) is 0 Å². The number of cyclic esters (lactones) is 1. The van der Waals surface area contributed by atoms with Crippen LogP contribution in [-0.4, -0.2) is 120 Å². The third-order valence-corrected chi connectivity index (χ3v) is 12.2. The standard InChI is InChI=1S/C29H44O12/c1-13-22(34)23(35)24(36)25(40-13)41-15-8-19(32)28(12-30)21-17(3-5-27(28,37)9-15)29(38)6-4-16(14-7-20(33)39-11-14)26(29,2)10-18(21)31/h7,13,15-19,21-25,30-32,34-38H,3-6,8-12H2,1-2H3/t13-,15?,16+,17+,18?,19?,21+,22-,23+,24+,25-,26+,27?,28+,29-/m0/s1. The van der Waals surface area contributed by atoms with Crippen molar-refractivity contribution in [1.29, 1.82) is 0 Å². The van der Waals surface area contributed by atoms with Gasteiger partial charge in [0.2, 0.25) is 0 Å². The predicted octanol–water partition coefficient (Wildman–Crippen LogP) is -1.51. The number of aliphatic hydroxyl groups excluding tert-OH is 6. The molecule has 15 atom stereocenters. The van der Waals surface area contributed by atoms with E-state index < -0.39 is 95.5 Å². The number of esters is 1. The van der Waals surface area contributed by atoms with Gasteiger partial charge in [0.15, 0.2) is 6.29 Å². The van der Waals surface area contributed by atoms with Crippen LogP contribution < -0.4 is 0 Å². The number of carbonyl (C=O) groups excluding carboxylic acids is 1. The van der Waals surface area contributed by atoms with Gasteiger partial charge in [0.25, 0.3) is 0 Å². The molecule has 2 aliphatic heterocycles. The summed E-state index contributed by atoms with van der Waals surface area (Å²) in [5, 5.41) is 89.6. The summed E-state index contributed by atoms with van der Waals surface area (Å²) in [7, 11) is 0. The minimum Gasteiger partial charge on any atom is -0.458 e. The third kappa shape index (κ3) is 3.99. The number of aliphatic hydroxyl groups is 8. The first-order valence-electron chi connectivity index (χ1n) is 14.9. The first-order chi connectivity index (χ1) is 19.2. The minimum atomic E-state index is -1.67. The molecule has 4 unspecified atom stereocenters. The minimum absolute atomic E-state index is 0.0369. The fourth-order valence-corrected chi connectivity index (χ4v) is 10.1. The lowest BCUT2D eigenvalue weighted by molar-refractivity contribution is -0.342. The first-order valence-corrected chi connectivity index (χ1v) is 14.9. The molecule has 8 N–H and O–H groups in total. The Morgan fingerprint density at radius 1 is 1.02 bits per heavy atom. The van der Waals surface area contributed by atoms with Crippen molar-refractivity contribution in [1.82, 2.24) is 0 Å². The van der Waals surface area contributed by atoms with Crippen molar-refractivity contribution in [2.45, 2.75) is 119 Å². The number of hydrogen-bond acceptors (Lipinski definition) is 12. The van der Waals surface area contributed by atoms with Gasteiger partial charge in [-0.05, 0) is 56.4 Å². The maximum absolute atomic E-state index is 12.4. The summed E-state index contributed by atoms with van der Waals surface area (Å²) in [4.78, 5) is 11.8. The van der Waals surface area contributed by atoms with Crippen molar-refractivity contribution in [2.75, 3.05) is 13.2 Å². The van der Waals surface area contributed by atoms with E-state index in [9.17, 15) is 45.6 Å². The van der Waals surface area contributed by atoms with Gasteiger partial charge < -0.3 is 55.1 Å². The zero-order valence-electron chi connectivity index (χ0n) is 23.5. The van der Waals surface area contributed by atoms with Crippen molar-refractivity contribution >= 4 is 5.97 Å². The summed E-state index contributed by atoms with van der Waals surface area (Å²) in [6.45, 7) is 3.00. The molecule has 0 aromatic rings. The van der Waals surface area contributed by atoms with Crippen LogP contribution in [0.2, 0.25) is 0 Å². The first kappa shape index (κ1) is 29.9. The number of rotatable bonds is 4. The second-order valence-electron chi connectivity index (χ2n) is 13.8. The summed E-state index contributed by atoms with van der Waals surface area (Å²) >= 11 is 0. The van der Waals surface area contributed by atoms with E-state index >= 15 is 0 Å². The van der Waals surface area contributed by atoms with Crippen LogP contribution >= 0.6 is 0 Å². The Balaban J connectivity index is 1.28. The van der Waals surface area contributed by atoms with Gasteiger partial charge in [-0.15, -0.1) is 0 Å². The number of carbonyl (C=O) groups is 1. The van der Waals surface area contributed by atoms with Gasteiger partial charge in [0.1, 0.15) is 24.9 Å². The fraction of sp³-hybridized carbons (Fsp3) is 0.897. The van der Waals surface area contributed by atoms with E-state index in [0.717, 1.165) is 5.57 Å². The van der Waals surface area contributed by atoms with E-state index in [1.807, 2.05) is 6.92 Å². The zero-order valence-corrected chi connectivity index (χ0v) is 23.5. The third-order valence-electron chi connectivity index (χ3n) is 12.2. The van der Waals surface area contributed by atoms with Crippen LogP contribution in [0.5, 0.6) is 0 Å². The molecule has 12 heteroatoms. The fourth-order valence-electron chi connectivity index (χ4n) is 10.1. The monoisotopic (exact) mass is 584 g/mol. The van der Waals surface area contributed by atoms with Gasteiger partial charge in [-0.2, -0.15) is 0 Å². The molecule has 4 saturated carbocycles. The largest absolute Gasteiger partial charge is 0.458 e. The Bertz CT molecular complexity index is 1080. The molecule has 6 aliphatic rings. The average Bonchev–Trinajstić information content (AvgIpc) is 3.45. The molecule has 5 fully saturated rings. The second-order valence-corrected chi connectivity index (χ2v) is 13.8. The Morgan fingerprint density at radius 2 is 1.76 bits per heavy atom. The summed E-state index contributed by atoms with van der Waals surface area (Å²) < 4.78 is 16.7. The molecule has 232 valence electrons. The number of fused-ring (bicyclic) bond motifs is 5. The highest BCUT2D eigenvalue weighted by atomic mass is 16.7. The lowest BCUT2D eigenvalue weighted by Gasteiger charge is -2.68. The highest BCUT2D eigenvalue weighted by molar-refractivity contribution is 5.85. The molecule has 0 bridgehead atoms. The Hall–Kier alpha value is -1.19. The van der Waals surface area contributed by atoms with E-state index in [1.54, 1.807) is 0 Å². The summed E-state index contributed by atoms with van der Waals surface area (Å²) in [5.41, 5.74) is -4.46. The maximum Gasteiger partial charge on any atom is 0.331 e. The molecule has 0 amide bonds. The van der Waals surface area contributed by atoms with E-state index in [1.165, 1.54) is 13.0 Å². The van der Waals surface area contributed by atoms with Gasteiger partial charge in [-0.25, -0.2) is 4.79 Å². The normalized spacial score (nSPS) is 56.9. The van der Waals surface area contributed by atoms with E-state index in [2.05, 4.69) is 0 Å². The van der Waals surface area contributed by atoms with E-state index in [4.69, 9.17) is 14.2 Å². The molecule has 4 aliphatic carbocycles. The molecule has 0 aromatic carbocycles. The molecular formula is C29H44O12. The average molecular weight is 585 g/mol. The molecule has 2 heterocycles. The van der Waals surface area contributed by atoms with Crippen LogP contribution in [-0.2, 0) is 19.0 Å². The zero-order chi connectivity index (χ0) is 29.7. The van der Waals surface area contributed by atoms with Crippen LogP contribution in [0.1, 0.15) is 58.8 Å². The van der Waals surface area contributed by atoms with E-state index in [0.29, 0.717) is 19.3 Å². The predicted molar refractivity (Wildman–Crippen MR) is 139 cm³/mol. The lowest BCUT2D eigenvalue weighted by Crippen LogP contribution is -2.76. The second kappa shape index (κ2) is 9.91. The number of hydrogen-bond donors (Lipinski definition) is 8. The van der Waals surface area contributed by atoms with Crippen molar-refractivity contribution in [2.24, 2.45) is 28.6 Å². The van der Waals surface area contributed by atoms with Gasteiger partial charge in [0.05, 0.1) is 47.6 Å². The Morgan fingerprint density at radius 3 is 2.41 bits per heavy atom. The molecule has 1 saturated heterocycles. The van der Waals surface area contributed by atoms with Crippen molar-refractivity contribution in [3.8, 4) is 0 Å². The molecule has 6 rings (SSSR count). The quantitative estimate of drug-likeness (QED) is 0.140. The molecule has 0 aromatic heterocycles. The van der Waals surface area contributed by atoms with Crippen molar-refractivity contribution in [3.63, 3.8) is 0 Å². The van der Waals surface area contributed by atoms with E-state index in [-0.39, 0.29) is 38.2 Å². The lowest BCUT2D eigenvalue weighted by atomic mass is 9.40. The summed E-state index contributed by atoms with van der Waals surface area (Å²) in [5.74, 6) is -1.93.